The monoisotopic (exact) mass is 177 g/mol. The molecule has 0 aliphatic carbocycles. The molecule has 3 heteroatoms. The minimum atomic E-state index is 0. The van der Waals surface area contributed by atoms with Gasteiger partial charge in [0.1, 0.15) is 0 Å². The number of rotatable bonds is 3. The third-order valence-corrected chi connectivity index (χ3v) is 0.634. The molecule has 0 aliphatic rings. The molecule has 2 nitrogen and oxygen atoms in total. The Morgan fingerprint density at radius 2 is 2.33 bits per heavy atom. The largest absolute Gasteiger partial charge is 0.583 e. The van der Waals surface area contributed by atoms with E-state index in [2.05, 4.69) is 0 Å². The minimum Gasteiger partial charge on any atom is -0.583 e. The van der Waals surface area contributed by atoms with Gasteiger partial charge >= 0.3 is 0 Å². The van der Waals surface area contributed by atoms with Gasteiger partial charge in [0.05, 0.1) is 6.61 Å². The number of allylic oxidation sites excluding steroid dienone is 2. The maximum atomic E-state index is 9.61. The molecule has 0 unspecified atom stereocenters. The van der Waals surface area contributed by atoms with Crippen LogP contribution in [-0.4, -0.2) is 12.9 Å². The Hall–Kier alpha value is -0.167. The molecule has 0 aliphatic heterocycles. The quantitative estimate of drug-likeness (QED) is 0.279. The molecule has 0 fully saturated rings. The average Bonchev–Trinajstić information content (AvgIpc) is 1.68. The second kappa shape index (κ2) is 7.83. The summed E-state index contributed by atoms with van der Waals surface area (Å²) in [6.45, 7) is 4.18. The molecule has 0 aromatic heterocycles. The molecule has 0 amide bonds. The first-order valence-corrected chi connectivity index (χ1v) is 2.48. The van der Waals surface area contributed by atoms with Crippen molar-refractivity contribution in [3.8, 4) is 0 Å². The fraction of sp³-hybridized carbons (Fsp3) is 0.500. The van der Waals surface area contributed by atoms with Crippen LogP contribution in [0, 0.1) is 0 Å². The van der Waals surface area contributed by atoms with Gasteiger partial charge in [-0.1, -0.05) is 12.7 Å². The zero-order valence-electron chi connectivity index (χ0n) is 5.81. The smallest absolute Gasteiger partial charge is 0.0612 e. The first kappa shape index (κ1) is 11.6. The van der Waals surface area contributed by atoms with Crippen LogP contribution in [0.2, 0.25) is 0 Å². The summed E-state index contributed by atoms with van der Waals surface area (Å²) in [6, 6.07) is 0. The summed E-state index contributed by atoms with van der Waals surface area (Å²) in [7, 11) is 0. The van der Waals surface area contributed by atoms with E-state index in [-0.39, 0.29) is 19.5 Å². The van der Waals surface area contributed by atoms with Gasteiger partial charge in [-0.15, -0.1) is 0 Å². The molecule has 0 radical (unpaired) electrons. The van der Waals surface area contributed by atoms with Gasteiger partial charge in [0.2, 0.25) is 0 Å². The maximum Gasteiger partial charge on any atom is 0.0612 e. The summed E-state index contributed by atoms with van der Waals surface area (Å²) in [5.74, 6) is 0.613. The van der Waals surface area contributed by atoms with Crippen molar-refractivity contribution in [2.24, 2.45) is 0 Å². The maximum absolute atomic E-state index is 9.61. The van der Waals surface area contributed by atoms with Crippen LogP contribution in [0.15, 0.2) is 11.8 Å². The second-order valence-electron chi connectivity index (χ2n) is 1.31. The van der Waals surface area contributed by atoms with Crippen LogP contribution in [0.3, 0.4) is 0 Å². The van der Waals surface area contributed by atoms with Gasteiger partial charge in [-0.25, -0.2) is 0 Å². The molecule has 0 rings (SSSR count). The van der Waals surface area contributed by atoms with E-state index in [1.807, 2.05) is 6.92 Å². The van der Waals surface area contributed by atoms with Crippen molar-refractivity contribution in [2.75, 3.05) is 6.61 Å². The van der Waals surface area contributed by atoms with E-state index in [0.29, 0.717) is 12.4 Å². The van der Waals surface area contributed by atoms with E-state index in [0.717, 1.165) is 0 Å². The normalized spacial score (nSPS) is 9.78. The Labute approximate surface area is 68.0 Å². The Morgan fingerprint density at radius 3 is 2.67 bits per heavy atom. The van der Waals surface area contributed by atoms with Gasteiger partial charge in [0, 0.05) is 19.5 Å². The van der Waals surface area contributed by atoms with Gasteiger partial charge in [-0.2, -0.15) is 6.08 Å². The Morgan fingerprint density at radius 1 is 1.78 bits per heavy atom. The van der Waals surface area contributed by atoms with Crippen LogP contribution in [0.4, 0.5) is 0 Å². The van der Waals surface area contributed by atoms with Gasteiger partial charge in [0.25, 0.3) is 0 Å². The first-order valence-electron chi connectivity index (χ1n) is 2.48. The minimum absolute atomic E-state index is 0. The predicted molar refractivity (Wildman–Crippen MR) is 31.1 cm³/mol. The van der Waals surface area contributed by atoms with Gasteiger partial charge in [-0.3, -0.25) is 0 Å². The molecule has 0 heterocycles. The van der Waals surface area contributed by atoms with Crippen LogP contribution >= 0.6 is 0 Å². The zero-order valence-corrected chi connectivity index (χ0v) is 8.78. The molecular formula is C6H9O2Zn-. The third kappa shape index (κ3) is 7.83. The summed E-state index contributed by atoms with van der Waals surface area (Å²) in [6.07, 6.45) is 2.88. The molecule has 0 aromatic rings. The SMILES string of the molecule is CCO/C(C)=C\[C-]=O.[Zn]. The fourth-order valence-corrected chi connectivity index (χ4v) is 0.352. The Balaban J connectivity index is 0. The van der Waals surface area contributed by atoms with E-state index in [1.54, 1.807) is 13.2 Å². The predicted octanol–water partition coefficient (Wildman–Crippen LogP) is 1.03. The van der Waals surface area contributed by atoms with Crippen molar-refractivity contribution < 1.29 is 29.0 Å². The van der Waals surface area contributed by atoms with E-state index in [9.17, 15) is 4.79 Å². The van der Waals surface area contributed by atoms with Gasteiger partial charge in [0.15, 0.2) is 0 Å². The van der Waals surface area contributed by atoms with Crippen molar-refractivity contribution >= 4 is 6.29 Å². The molecule has 0 atom stereocenters. The van der Waals surface area contributed by atoms with Crippen LogP contribution < -0.4 is 0 Å². The van der Waals surface area contributed by atoms with E-state index in [1.165, 1.54) is 6.08 Å². The molecule has 48 valence electrons. The van der Waals surface area contributed by atoms with Crippen LogP contribution in [0.1, 0.15) is 13.8 Å². The molecule has 0 saturated carbocycles. The summed E-state index contributed by atoms with van der Waals surface area (Å²) in [5, 5.41) is 0. The topological polar surface area (TPSA) is 26.3 Å². The molecule has 9 heavy (non-hydrogen) atoms. The van der Waals surface area contributed by atoms with Crippen molar-refractivity contribution in [1.82, 2.24) is 0 Å². The molecular weight excluding hydrogens is 169 g/mol. The van der Waals surface area contributed by atoms with Crippen molar-refractivity contribution in [3.05, 3.63) is 11.8 Å². The Bertz CT molecular complexity index is 99.2. The van der Waals surface area contributed by atoms with Crippen molar-refractivity contribution in [3.63, 3.8) is 0 Å². The number of ether oxygens (including phenoxy) is 1. The van der Waals surface area contributed by atoms with Crippen molar-refractivity contribution in [2.45, 2.75) is 13.8 Å². The second-order valence-corrected chi connectivity index (χ2v) is 1.31. The fourth-order valence-electron chi connectivity index (χ4n) is 0.352. The third-order valence-electron chi connectivity index (χ3n) is 0.634. The molecule has 0 spiro atoms. The first-order chi connectivity index (χ1) is 3.81. The summed E-state index contributed by atoms with van der Waals surface area (Å²) in [4.78, 5) is 9.61. The van der Waals surface area contributed by atoms with Gasteiger partial charge in [-0.05, 0) is 13.2 Å². The van der Waals surface area contributed by atoms with E-state index >= 15 is 0 Å². The molecule has 0 bridgehead atoms. The standard InChI is InChI=1S/C6H9O2.Zn/c1-3-8-6(2)4-5-7;/h4H,3H2,1-2H3;/q-1;/b6-4-;. The van der Waals surface area contributed by atoms with E-state index in [4.69, 9.17) is 4.74 Å². The number of hydrogen-bond donors (Lipinski definition) is 0. The van der Waals surface area contributed by atoms with Gasteiger partial charge < -0.3 is 9.53 Å². The number of hydrogen-bond acceptors (Lipinski definition) is 2. The Kier molecular flexibility index (Phi) is 10.1. The zero-order chi connectivity index (χ0) is 6.41. The van der Waals surface area contributed by atoms with Crippen LogP contribution in [0.25, 0.3) is 0 Å². The van der Waals surface area contributed by atoms with E-state index < -0.39 is 0 Å². The average molecular weight is 179 g/mol. The van der Waals surface area contributed by atoms with Crippen molar-refractivity contribution in [1.29, 1.82) is 0 Å². The number of carbonyl (C=O) groups excluding carboxylic acids is 1. The molecule has 0 N–H and O–H groups in total. The van der Waals surface area contributed by atoms with Crippen LogP contribution in [0.5, 0.6) is 0 Å². The summed E-state index contributed by atoms with van der Waals surface area (Å²) >= 11 is 0. The molecule has 0 saturated heterocycles. The summed E-state index contributed by atoms with van der Waals surface area (Å²) in [5.41, 5.74) is 0. The van der Waals surface area contributed by atoms with Crippen LogP contribution in [-0.2, 0) is 29.0 Å². The summed E-state index contributed by atoms with van der Waals surface area (Å²) < 4.78 is 4.88. The molecule has 0 aromatic carbocycles.